The lowest BCUT2D eigenvalue weighted by atomic mass is 10.3. The van der Waals surface area contributed by atoms with E-state index in [-0.39, 0.29) is 5.69 Å². The van der Waals surface area contributed by atoms with Gasteiger partial charge in [0.2, 0.25) is 0 Å². The molecule has 0 spiro atoms. The van der Waals surface area contributed by atoms with E-state index in [2.05, 4.69) is 4.98 Å². The third-order valence-corrected chi connectivity index (χ3v) is 2.13. The zero-order valence-electron chi connectivity index (χ0n) is 8.17. The average molecular weight is 206 g/mol. The van der Waals surface area contributed by atoms with Crippen LogP contribution in [0.2, 0.25) is 0 Å². The minimum Gasteiger partial charge on any atom is -0.477 e. The third kappa shape index (κ3) is 1.76. The van der Waals surface area contributed by atoms with Crippen LogP contribution in [-0.4, -0.2) is 20.6 Å². The van der Waals surface area contributed by atoms with Gasteiger partial charge in [-0.1, -0.05) is 0 Å². The van der Waals surface area contributed by atoms with Gasteiger partial charge in [0.15, 0.2) is 0 Å². The lowest BCUT2D eigenvalue weighted by molar-refractivity contribution is 0.0684. The van der Waals surface area contributed by atoms with Crippen molar-refractivity contribution in [3.8, 4) is 0 Å². The molecule has 0 fully saturated rings. The molecule has 0 aliphatic carbocycles. The van der Waals surface area contributed by atoms with Crippen LogP contribution in [0, 0.1) is 6.92 Å². The van der Waals surface area contributed by atoms with Gasteiger partial charge in [-0.2, -0.15) is 0 Å². The Morgan fingerprint density at radius 1 is 1.67 bits per heavy atom. The van der Waals surface area contributed by atoms with E-state index in [1.165, 1.54) is 6.33 Å². The number of furan rings is 1. The Balaban J connectivity index is 2.33. The molecule has 0 aliphatic rings. The standard InChI is InChI=1S/C10H10N2O3/c1-7-9(10(13)14)12(6-11-7)5-8-3-2-4-15-8/h2-4,6H,5H2,1H3,(H,13,14). The first-order chi connectivity index (χ1) is 7.18. The summed E-state index contributed by atoms with van der Waals surface area (Å²) < 4.78 is 6.69. The molecule has 1 N–H and O–H groups in total. The monoisotopic (exact) mass is 206 g/mol. The van der Waals surface area contributed by atoms with E-state index in [1.54, 1.807) is 29.9 Å². The maximum atomic E-state index is 10.9. The summed E-state index contributed by atoms with van der Waals surface area (Å²) in [6.45, 7) is 2.05. The molecule has 5 nitrogen and oxygen atoms in total. The fourth-order valence-corrected chi connectivity index (χ4v) is 1.45. The molecule has 78 valence electrons. The number of imidazole rings is 1. The highest BCUT2D eigenvalue weighted by Gasteiger charge is 2.15. The van der Waals surface area contributed by atoms with Crippen LogP contribution in [0.15, 0.2) is 29.1 Å². The predicted molar refractivity (Wildman–Crippen MR) is 51.7 cm³/mol. The quantitative estimate of drug-likeness (QED) is 0.826. The van der Waals surface area contributed by atoms with Crippen molar-refractivity contribution in [1.82, 2.24) is 9.55 Å². The van der Waals surface area contributed by atoms with Gasteiger partial charge >= 0.3 is 5.97 Å². The smallest absolute Gasteiger partial charge is 0.354 e. The lowest BCUT2D eigenvalue weighted by Crippen LogP contribution is -2.09. The van der Waals surface area contributed by atoms with Crippen molar-refractivity contribution < 1.29 is 14.3 Å². The number of aromatic nitrogens is 2. The van der Waals surface area contributed by atoms with E-state index >= 15 is 0 Å². The van der Waals surface area contributed by atoms with Crippen LogP contribution in [0.4, 0.5) is 0 Å². The number of carbonyl (C=O) groups is 1. The molecule has 0 atom stereocenters. The Labute approximate surface area is 86.0 Å². The number of carboxylic acid groups (broad SMARTS) is 1. The zero-order chi connectivity index (χ0) is 10.8. The number of aryl methyl sites for hydroxylation is 1. The predicted octanol–water partition coefficient (Wildman–Crippen LogP) is 1.53. The van der Waals surface area contributed by atoms with Crippen LogP contribution in [0.25, 0.3) is 0 Å². The molecule has 2 aromatic heterocycles. The van der Waals surface area contributed by atoms with Gasteiger partial charge in [0.05, 0.1) is 24.8 Å². The van der Waals surface area contributed by atoms with Gasteiger partial charge in [0.25, 0.3) is 0 Å². The van der Waals surface area contributed by atoms with Crippen molar-refractivity contribution in [2.24, 2.45) is 0 Å². The Bertz CT molecular complexity index is 471. The van der Waals surface area contributed by atoms with E-state index in [4.69, 9.17) is 9.52 Å². The second-order valence-electron chi connectivity index (χ2n) is 3.19. The number of hydrogen-bond donors (Lipinski definition) is 1. The van der Waals surface area contributed by atoms with E-state index in [0.29, 0.717) is 18.0 Å². The molecule has 0 amide bonds. The number of hydrogen-bond acceptors (Lipinski definition) is 3. The van der Waals surface area contributed by atoms with Crippen LogP contribution in [0.3, 0.4) is 0 Å². The van der Waals surface area contributed by atoms with Crippen LogP contribution in [-0.2, 0) is 6.54 Å². The number of nitrogens with zero attached hydrogens (tertiary/aromatic N) is 2. The highest BCUT2D eigenvalue weighted by Crippen LogP contribution is 2.10. The maximum absolute atomic E-state index is 10.9. The summed E-state index contributed by atoms with van der Waals surface area (Å²) in [5.41, 5.74) is 0.709. The molecule has 0 saturated carbocycles. The minimum absolute atomic E-state index is 0.200. The third-order valence-electron chi connectivity index (χ3n) is 2.13. The van der Waals surface area contributed by atoms with Crippen molar-refractivity contribution in [3.63, 3.8) is 0 Å². The molecule has 5 heteroatoms. The van der Waals surface area contributed by atoms with E-state index in [1.807, 2.05) is 0 Å². The summed E-state index contributed by atoms with van der Waals surface area (Å²) in [5.74, 6) is -0.272. The van der Waals surface area contributed by atoms with E-state index in [9.17, 15) is 4.79 Å². The van der Waals surface area contributed by atoms with Gasteiger partial charge in [-0.05, 0) is 19.1 Å². The van der Waals surface area contributed by atoms with Gasteiger partial charge in [-0.25, -0.2) is 9.78 Å². The maximum Gasteiger partial charge on any atom is 0.354 e. The molecule has 2 aromatic rings. The first-order valence-electron chi connectivity index (χ1n) is 4.46. The van der Waals surface area contributed by atoms with Crippen LogP contribution < -0.4 is 0 Å². The van der Waals surface area contributed by atoms with Gasteiger partial charge in [-0.3, -0.25) is 0 Å². The Morgan fingerprint density at radius 3 is 3.07 bits per heavy atom. The van der Waals surface area contributed by atoms with Crippen molar-refractivity contribution in [2.75, 3.05) is 0 Å². The Morgan fingerprint density at radius 2 is 2.47 bits per heavy atom. The molecule has 0 aromatic carbocycles. The summed E-state index contributed by atoms with van der Waals surface area (Å²) in [7, 11) is 0. The number of rotatable bonds is 3. The van der Waals surface area contributed by atoms with Gasteiger partial charge < -0.3 is 14.1 Å². The second kappa shape index (κ2) is 3.61. The van der Waals surface area contributed by atoms with E-state index < -0.39 is 5.97 Å². The zero-order valence-corrected chi connectivity index (χ0v) is 8.17. The van der Waals surface area contributed by atoms with Crippen molar-refractivity contribution in [2.45, 2.75) is 13.5 Å². The highest BCUT2D eigenvalue weighted by molar-refractivity contribution is 5.86. The Kier molecular flexibility index (Phi) is 2.29. The molecule has 15 heavy (non-hydrogen) atoms. The topological polar surface area (TPSA) is 68.3 Å². The fourth-order valence-electron chi connectivity index (χ4n) is 1.45. The van der Waals surface area contributed by atoms with Crippen molar-refractivity contribution in [1.29, 1.82) is 0 Å². The molecular formula is C10H10N2O3. The molecule has 0 aliphatic heterocycles. The largest absolute Gasteiger partial charge is 0.477 e. The second-order valence-corrected chi connectivity index (χ2v) is 3.19. The van der Waals surface area contributed by atoms with Gasteiger partial charge in [0.1, 0.15) is 11.5 Å². The molecular weight excluding hydrogens is 196 g/mol. The molecule has 0 bridgehead atoms. The minimum atomic E-state index is -0.975. The summed E-state index contributed by atoms with van der Waals surface area (Å²) in [5, 5.41) is 8.97. The first-order valence-corrected chi connectivity index (χ1v) is 4.46. The van der Waals surface area contributed by atoms with Crippen LogP contribution >= 0.6 is 0 Å². The number of aromatic carboxylic acids is 1. The van der Waals surface area contributed by atoms with Crippen molar-refractivity contribution >= 4 is 5.97 Å². The SMILES string of the molecule is Cc1ncn(Cc2ccco2)c1C(=O)O. The molecule has 2 heterocycles. The summed E-state index contributed by atoms with van der Waals surface area (Å²) in [6, 6.07) is 3.56. The van der Waals surface area contributed by atoms with Crippen LogP contribution in [0.1, 0.15) is 21.9 Å². The number of carboxylic acids is 1. The molecule has 2 rings (SSSR count). The summed E-state index contributed by atoms with van der Waals surface area (Å²) in [4.78, 5) is 14.9. The molecule has 0 radical (unpaired) electrons. The van der Waals surface area contributed by atoms with Gasteiger partial charge in [-0.15, -0.1) is 0 Å². The molecule has 0 unspecified atom stereocenters. The molecule has 0 saturated heterocycles. The normalized spacial score (nSPS) is 10.5. The van der Waals surface area contributed by atoms with Crippen molar-refractivity contribution in [3.05, 3.63) is 41.9 Å². The summed E-state index contributed by atoms with van der Waals surface area (Å²) >= 11 is 0. The lowest BCUT2D eigenvalue weighted by Gasteiger charge is -2.02. The first kappa shape index (κ1) is 9.51. The van der Waals surface area contributed by atoms with Gasteiger partial charge in [0, 0.05) is 0 Å². The van der Waals surface area contributed by atoms with Crippen LogP contribution in [0.5, 0.6) is 0 Å². The highest BCUT2D eigenvalue weighted by atomic mass is 16.4. The van der Waals surface area contributed by atoms with E-state index in [0.717, 1.165) is 0 Å². The summed E-state index contributed by atoms with van der Waals surface area (Å²) in [6.07, 6.45) is 3.06. The fraction of sp³-hybridized carbons (Fsp3) is 0.200. The Hall–Kier alpha value is -2.04. The average Bonchev–Trinajstić information content (AvgIpc) is 2.76.